The highest BCUT2D eigenvalue weighted by atomic mass is 35.6. The van der Waals surface area contributed by atoms with Gasteiger partial charge in [0.1, 0.15) is 5.78 Å². The fourth-order valence-electron chi connectivity index (χ4n) is 0. The van der Waals surface area contributed by atoms with Crippen molar-refractivity contribution >= 4 is 40.6 Å². The van der Waals surface area contributed by atoms with E-state index in [2.05, 4.69) is 0 Å². The molecule has 0 unspecified atom stereocenters. The van der Waals surface area contributed by atoms with E-state index in [0.29, 0.717) is 0 Å². The van der Waals surface area contributed by atoms with Gasteiger partial charge < -0.3 is 16.1 Å². The number of halogens is 3. The molecular formula is C5H14Cl3NO2. The first-order valence-corrected chi connectivity index (χ1v) is 3.62. The van der Waals surface area contributed by atoms with E-state index in [1.54, 1.807) is 0 Å². The van der Waals surface area contributed by atoms with Crippen LogP contribution in [0, 0.1) is 0 Å². The van der Waals surface area contributed by atoms with E-state index in [-0.39, 0.29) is 11.9 Å². The zero-order valence-corrected chi connectivity index (χ0v) is 9.04. The maximum atomic E-state index is 9.44. The van der Waals surface area contributed by atoms with E-state index in [0.717, 1.165) is 7.11 Å². The van der Waals surface area contributed by atoms with E-state index < -0.39 is 4.30 Å². The average Bonchev–Trinajstić information content (AvgIpc) is 1.66. The Kier molecular flexibility index (Phi) is 45.9. The Bertz CT molecular complexity index is 64.0. The van der Waals surface area contributed by atoms with Crippen LogP contribution in [0.3, 0.4) is 0 Å². The van der Waals surface area contributed by atoms with Crippen molar-refractivity contribution in [1.29, 1.82) is 0 Å². The van der Waals surface area contributed by atoms with Crippen molar-refractivity contribution in [2.75, 3.05) is 7.11 Å². The van der Waals surface area contributed by atoms with Gasteiger partial charge in [0.05, 0.1) is 0 Å². The highest BCUT2D eigenvalue weighted by Crippen LogP contribution is 2.03. The molecule has 0 rings (SSSR count). The topological polar surface area (TPSA) is 72.3 Å². The largest absolute Gasteiger partial charge is 0.400 e. The molecule has 0 amide bonds. The Labute approximate surface area is 82.2 Å². The monoisotopic (exact) mass is 225 g/mol. The van der Waals surface area contributed by atoms with Crippen molar-refractivity contribution in [2.24, 2.45) is 0 Å². The summed E-state index contributed by atoms with van der Waals surface area (Å²) in [5.41, 5.74) is 0. The van der Waals surface area contributed by atoms with Crippen LogP contribution in [0.5, 0.6) is 0 Å². The van der Waals surface area contributed by atoms with Crippen LogP contribution in [-0.2, 0) is 4.79 Å². The molecule has 0 aliphatic carbocycles. The third-order valence-electron chi connectivity index (χ3n) is 0. The third-order valence-corrected chi connectivity index (χ3v) is 0. The lowest BCUT2D eigenvalue weighted by atomic mass is 10.6. The standard InChI is InChI=1S/C3H6O.CHCl3.CH4O.H3N/c1-3(2)4;2-1(3)4;1-2;/h1-2H3;1H;2H,1H3;1H3. The van der Waals surface area contributed by atoms with Gasteiger partial charge in [0.2, 0.25) is 0 Å². The maximum Gasteiger partial charge on any atom is 0.180 e. The average molecular weight is 227 g/mol. The predicted octanol–water partition coefficient (Wildman–Crippen LogP) is 2.35. The first kappa shape index (κ1) is 22.5. The van der Waals surface area contributed by atoms with Gasteiger partial charge in [0, 0.05) is 7.11 Å². The first-order valence-electron chi connectivity index (χ1n) is 2.31. The summed E-state index contributed by atoms with van der Waals surface area (Å²) in [7, 11) is 1.00. The van der Waals surface area contributed by atoms with Crippen LogP contribution < -0.4 is 6.15 Å². The minimum absolute atomic E-state index is 0. The molecule has 11 heavy (non-hydrogen) atoms. The summed E-state index contributed by atoms with van der Waals surface area (Å²) in [6.45, 7) is 3.06. The molecule has 0 aliphatic heterocycles. The van der Waals surface area contributed by atoms with Crippen molar-refractivity contribution in [1.82, 2.24) is 6.15 Å². The molecule has 0 saturated carbocycles. The molecule has 0 radical (unpaired) electrons. The Morgan fingerprint density at radius 2 is 1.18 bits per heavy atom. The second-order valence-corrected chi connectivity index (χ2v) is 3.14. The lowest BCUT2D eigenvalue weighted by molar-refractivity contribution is -0.114. The number of rotatable bonds is 0. The van der Waals surface area contributed by atoms with E-state index in [1.165, 1.54) is 13.8 Å². The van der Waals surface area contributed by atoms with Gasteiger partial charge in [0.15, 0.2) is 4.30 Å². The zero-order valence-electron chi connectivity index (χ0n) is 6.77. The van der Waals surface area contributed by atoms with Crippen LogP contribution in [0.25, 0.3) is 0 Å². The summed E-state index contributed by atoms with van der Waals surface area (Å²) >= 11 is 14.4. The van der Waals surface area contributed by atoms with Crippen LogP contribution in [0.15, 0.2) is 0 Å². The van der Waals surface area contributed by atoms with Gasteiger partial charge in [0.25, 0.3) is 0 Å². The van der Waals surface area contributed by atoms with Gasteiger partial charge in [-0.1, -0.05) is 34.8 Å². The Morgan fingerprint density at radius 1 is 1.18 bits per heavy atom. The van der Waals surface area contributed by atoms with Crippen molar-refractivity contribution < 1.29 is 9.90 Å². The van der Waals surface area contributed by atoms with Crippen LogP contribution in [-0.4, -0.2) is 22.3 Å². The smallest absolute Gasteiger partial charge is 0.180 e. The number of ketones is 1. The van der Waals surface area contributed by atoms with E-state index >= 15 is 0 Å². The molecule has 0 bridgehead atoms. The van der Waals surface area contributed by atoms with E-state index in [1.807, 2.05) is 0 Å². The molecule has 0 atom stereocenters. The van der Waals surface area contributed by atoms with Crippen LogP contribution in [0.2, 0.25) is 0 Å². The van der Waals surface area contributed by atoms with Crippen LogP contribution >= 0.6 is 34.8 Å². The molecule has 0 saturated heterocycles. The summed E-state index contributed by atoms with van der Waals surface area (Å²) < 4.78 is -0.750. The summed E-state index contributed by atoms with van der Waals surface area (Å²) in [5.74, 6) is 0.167. The van der Waals surface area contributed by atoms with Crippen molar-refractivity contribution in [2.45, 2.75) is 18.1 Å². The highest BCUT2D eigenvalue weighted by Gasteiger charge is 1.78. The third kappa shape index (κ3) is 3540. The van der Waals surface area contributed by atoms with Crippen LogP contribution in [0.4, 0.5) is 0 Å². The predicted molar refractivity (Wildman–Crippen MR) is 50.9 cm³/mol. The SMILES string of the molecule is CC(C)=O.CO.ClC(Cl)Cl.N. The molecule has 0 heterocycles. The number of hydrogen-bond donors (Lipinski definition) is 2. The Balaban J connectivity index is -0.0000000339. The highest BCUT2D eigenvalue weighted by molar-refractivity contribution is 6.63. The van der Waals surface area contributed by atoms with Crippen LogP contribution in [0.1, 0.15) is 13.8 Å². The molecule has 0 aromatic rings. The quantitative estimate of drug-likeness (QED) is 0.623. The molecular weight excluding hydrogens is 212 g/mol. The second kappa shape index (κ2) is 22.4. The normalized spacial score (nSPS) is 6.18. The fraction of sp³-hybridized carbons (Fsp3) is 0.800. The number of aliphatic hydroxyl groups excluding tert-OH is 1. The molecule has 4 N–H and O–H groups in total. The Morgan fingerprint density at radius 3 is 1.18 bits per heavy atom. The summed E-state index contributed by atoms with van der Waals surface area (Å²) in [6, 6.07) is 0. The number of Topliss-reactive ketones (excluding diaryl/α,β-unsaturated/α-hetero) is 1. The van der Waals surface area contributed by atoms with Gasteiger partial charge in [-0.05, 0) is 13.8 Å². The fourth-order valence-corrected chi connectivity index (χ4v) is 0. The number of alkyl halides is 3. The Hall–Kier alpha value is 0.460. The molecule has 0 fully saturated rings. The number of aliphatic hydroxyl groups is 1. The lowest BCUT2D eigenvalue weighted by Crippen LogP contribution is -1.69. The van der Waals surface area contributed by atoms with Crippen molar-refractivity contribution in [3.63, 3.8) is 0 Å². The van der Waals surface area contributed by atoms with Gasteiger partial charge in [-0.2, -0.15) is 0 Å². The van der Waals surface area contributed by atoms with E-state index in [4.69, 9.17) is 39.9 Å². The molecule has 3 nitrogen and oxygen atoms in total. The van der Waals surface area contributed by atoms with Crippen molar-refractivity contribution in [3.8, 4) is 0 Å². The minimum Gasteiger partial charge on any atom is -0.400 e. The lowest BCUT2D eigenvalue weighted by Gasteiger charge is -1.69. The number of hydrogen-bond acceptors (Lipinski definition) is 3. The molecule has 0 aromatic heterocycles. The molecule has 0 aliphatic rings. The van der Waals surface area contributed by atoms with Gasteiger partial charge >= 0.3 is 0 Å². The molecule has 6 heteroatoms. The summed E-state index contributed by atoms with van der Waals surface area (Å²) in [4.78, 5) is 9.44. The van der Waals surface area contributed by atoms with E-state index in [9.17, 15) is 4.79 Å². The summed E-state index contributed by atoms with van der Waals surface area (Å²) in [5, 5.41) is 7.00. The second-order valence-electron chi connectivity index (χ2n) is 1.16. The minimum atomic E-state index is -0.750. The van der Waals surface area contributed by atoms with Gasteiger partial charge in [-0.25, -0.2) is 0 Å². The molecule has 0 aromatic carbocycles. The van der Waals surface area contributed by atoms with Gasteiger partial charge in [-0.15, -0.1) is 0 Å². The number of carbonyl (C=O) groups excluding carboxylic acids is 1. The zero-order chi connectivity index (χ0) is 9.15. The van der Waals surface area contributed by atoms with Crippen molar-refractivity contribution in [3.05, 3.63) is 0 Å². The first-order chi connectivity index (χ1) is 4.46. The molecule has 0 spiro atoms. The number of carbonyl (C=O) groups is 1. The maximum absolute atomic E-state index is 9.44. The molecule has 72 valence electrons. The van der Waals surface area contributed by atoms with Gasteiger partial charge in [-0.3, -0.25) is 0 Å². The summed E-state index contributed by atoms with van der Waals surface area (Å²) in [6.07, 6.45) is 0.